The monoisotopic (exact) mass is 430 g/mol. The van der Waals surface area contributed by atoms with Crippen molar-refractivity contribution in [2.24, 2.45) is 0 Å². The van der Waals surface area contributed by atoms with Gasteiger partial charge in [-0.15, -0.1) is 5.10 Å². The standard InChI is InChI=1S/C23H22N6O3/c1-31-21-7-6-16(14-22(21)32-2)17-11-18(13-20(12-17)29-15-26-27-28-29)23(30)25-10-8-19-5-3-4-9-24-19/h3-7,9,11-15H,8,10H2,1-2H3,(H,25,30). The Morgan fingerprint density at radius 1 is 1.00 bits per heavy atom. The van der Waals surface area contributed by atoms with Crippen LogP contribution in [0, 0.1) is 0 Å². The number of aromatic nitrogens is 5. The molecule has 9 heteroatoms. The van der Waals surface area contributed by atoms with Crippen LogP contribution in [0.4, 0.5) is 0 Å². The van der Waals surface area contributed by atoms with Gasteiger partial charge in [0.1, 0.15) is 6.33 Å². The maximum Gasteiger partial charge on any atom is 0.251 e. The Morgan fingerprint density at radius 3 is 2.59 bits per heavy atom. The fourth-order valence-corrected chi connectivity index (χ4v) is 3.29. The minimum atomic E-state index is -0.197. The highest BCUT2D eigenvalue weighted by atomic mass is 16.5. The normalized spacial score (nSPS) is 10.6. The van der Waals surface area contributed by atoms with E-state index in [1.54, 1.807) is 26.5 Å². The first-order chi connectivity index (χ1) is 15.7. The lowest BCUT2D eigenvalue weighted by atomic mass is 10.0. The van der Waals surface area contributed by atoms with Crippen LogP contribution >= 0.6 is 0 Å². The van der Waals surface area contributed by atoms with Crippen LogP contribution in [0.3, 0.4) is 0 Å². The van der Waals surface area contributed by atoms with Crippen LogP contribution in [0.1, 0.15) is 16.1 Å². The Balaban J connectivity index is 1.63. The molecule has 0 bridgehead atoms. The molecular weight excluding hydrogens is 408 g/mol. The number of tetrazole rings is 1. The predicted molar refractivity (Wildman–Crippen MR) is 118 cm³/mol. The summed E-state index contributed by atoms with van der Waals surface area (Å²) >= 11 is 0. The Hall–Kier alpha value is -4.27. The molecule has 0 saturated heterocycles. The van der Waals surface area contributed by atoms with Crippen molar-refractivity contribution in [2.75, 3.05) is 20.8 Å². The quantitative estimate of drug-likeness (QED) is 0.458. The largest absolute Gasteiger partial charge is 0.493 e. The van der Waals surface area contributed by atoms with E-state index in [1.807, 2.05) is 48.5 Å². The fraction of sp³-hybridized carbons (Fsp3) is 0.174. The number of rotatable bonds is 8. The van der Waals surface area contributed by atoms with Crippen molar-refractivity contribution in [3.05, 3.63) is 78.4 Å². The number of carbonyl (C=O) groups excluding carboxylic acids is 1. The lowest BCUT2D eigenvalue weighted by molar-refractivity contribution is 0.0954. The van der Waals surface area contributed by atoms with Gasteiger partial charge in [-0.2, -0.15) is 0 Å². The molecule has 4 aromatic rings. The van der Waals surface area contributed by atoms with Crippen molar-refractivity contribution < 1.29 is 14.3 Å². The number of ether oxygens (including phenoxy) is 2. The van der Waals surface area contributed by atoms with Gasteiger partial charge >= 0.3 is 0 Å². The molecule has 2 aromatic heterocycles. The second-order valence-corrected chi connectivity index (χ2v) is 6.92. The summed E-state index contributed by atoms with van der Waals surface area (Å²) in [4.78, 5) is 17.2. The molecule has 32 heavy (non-hydrogen) atoms. The molecule has 9 nitrogen and oxygen atoms in total. The van der Waals surface area contributed by atoms with Crippen LogP contribution in [0.5, 0.6) is 11.5 Å². The third-order valence-electron chi connectivity index (χ3n) is 4.90. The van der Waals surface area contributed by atoms with E-state index in [4.69, 9.17) is 9.47 Å². The van der Waals surface area contributed by atoms with E-state index >= 15 is 0 Å². The number of methoxy groups -OCH3 is 2. The Labute approximate surface area is 185 Å². The zero-order valence-corrected chi connectivity index (χ0v) is 17.7. The number of carbonyl (C=O) groups is 1. The number of benzene rings is 2. The molecule has 0 saturated carbocycles. The second kappa shape index (κ2) is 9.69. The van der Waals surface area contributed by atoms with Crippen molar-refractivity contribution in [2.45, 2.75) is 6.42 Å². The molecule has 4 rings (SSSR count). The van der Waals surface area contributed by atoms with E-state index in [0.717, 1.165) is 16.8 Å². The van der Waals surface area contributed by atoms with E-state index in [0.29, 0.717) is 35.7 Å². The van der Waals surface area contributed by atoms with Crippen molar-refractivity contribution in [1.82, 2.24) is 30.5 Å². The first-order valence-corrected chi connectivity index (χ1v) is 9.97. The molecule has 0 unspecified atom stereocenters. The van der Waals surface area contributed by atoms with E-state index in [1.165, 1.54) is 11.0 Å². The molecule has 2 heterocycles. The number of hydrogen-bond acceptors (Lipinski definition) is 7. The molecule has 0 fully saturated rings. The van der Waals surface area contributed by atoms with Gasteiger partial charge < -0.3 is 14.8 Å². The molecule has 2 aromatic carbocycles. The van der Waals surface area contributed by atoms with Gasteiger partial charge in [0.2, 0.25) is 0 Å². The maximum atomic E-state index is 12.9. The number of hydrogen-bond donors (Lipinski definition) is 1. The molecule has 0 radical (unpaired) electrons. The smallest absolute Gasteiger partial charge is 0.251 e. The van der Waals surface area contributed by atoms with Gasteiger partial charge in [-0.25, -0.2) is 4.68 Å². The Bertz CT molecular complexity index is 1200. The average Bonchev–Trinajstić information content (AvgIpc) is 3.39. The maximum absolute atomic E-state index is 12.9. The van der Waals surface area contributed by atoms with E-state index in [9.17, 15) is 4.79 Å². The molecule has 0 aliphatic heterocycles. The van der Waals surface area contributed by atoms with Crippen molar-refractivity contribution in [3.8, 4) is 28.3 Å². The number of pyridine rings is 1. The van der Waals surface area contributed by atoms with Crippen molar-refractivity contribution >= 4 is 5.91 Å². The van der Waals surface area contributed by atoms with Crippen LogP contribution in [-0.4, -0.2) is 51.9 Å². The minimum Gasteiger partial charge on any atom is -0.493 e. The summed E-state index contributed by atoms with van der Waals surface area (Å²) in [6, 6.07) is 16.8. The zero-order chi connectivity index (χ0) is 22.3. The molecule has 0 atom stereocenters. The first kappa shape index (κ1) is 21.0. The number of nitrogens with zero attached hydrogens (tertiary/aromatic N) is 5. The lowest BCUT2D eigenvalue weighted by Crippen LogP contribution is -2.26. The van der Waals surface area contributed by atoms with Crippen LogP contribution in [0.2, 0.25) is 0 Å². The number of amides is 1. The Morgan fingerprint density at radius 2 is 1.88 bits per heavy atom. The van der Waals surface area contributed by atoms with Crippen LogP contribution < -0.4 is 14.8 Å². The highest BCUT2D eigenvalue weighted by molar-refractivity contribution is 5.96. The first-order valence-electron chi connectivity index (χ1n) is 9.97. The van der Waals surface area contributed by atoms with E-state index in [-0.39, 0.29) is 5.91 Å². The van der Waals surface area contributed by atoms with Gasteiger partial charge in [0.25, 0.3) is 5.91 Å². The van der Waals surface area contributed by atoms with Gasteiger partial charge in [0.05, 0.1) is 19.9 Å². The fourth-order valence-electron chi connectivity index (χ4n) is 3.29. The zero-order valence-electron chi connectivity index (χ0n) is 17.7. The van der Waals surface area contributed by atoms with Crippen molar-refractivity contribution in [3.63, 3.8) is 0 Å². The van der Waals surface area contributed by atoms with Gasteiger partial charge in [-0.1, -0.05) is 12.1 Å². The minimum absolute atomic E-state index is 0.197. The average molecular weight is 430 g/mol. The highest BCUT2D eigenvalue weighted by Gasteiger charge is 2.13. The van der Waals surface area contributed by atoms with Gasteiger partial charge in [-0.05, 0) is 64.0 Å². The molecule has 0 aliphatic rings. The summed E-state index contributed by atoms with van der Waals surface area (Å²) in [5.41, 5.74) is 3.75. The molecule has 1 N–H and O–H groups in total. The van der Waals surface area contributed by atoms with Crippen LogP contribution in [-0.2, 0) is 6.42 Å². The third kappa shape index (κ3) is 4.72. The second-order valence-electron chi connectivity index (χ2n) is 6.92. The summed E-state index contributed by atoms with van der Waals surface area (Å²) in [5, 5.41) is 14.3. The van der Waals surface area contributed by atoms with E-state index in [2.05, 4.69) is 25.8 Å². The third-order valence-corrected chi connectivity index (χ3v) is 4.90. The lowest BCUT2D eigenvalue weighted by Gasteiger charge is -2.13. The summed E-state index contributed by atoms with van der Waals surface area (Å²) in [5.74, 6) is 1.03. The predicted octanol–water partition coefficient (Wildman–Crippen LogP) is 2.71. The molecule has 162 valence electrons. The molecular formula is C23H22N6O3. The number of nitrogens with one attached hydrogen (secondary N) is 1. The van der Waals surface area contributed by atoms with Gasteiger partial charge in [0, 0.05) is 30.4 Å². The summed E-state index contributed by atoms with van der Waals surface area (Å²) in [7, 11) is 3.17. The van der Waals surface area contributed by atoms with Crippen molar-refractivity contribution in [1.29, 1.82) is 0 Å². The summed E-state index contributed by atoms with van der Waals surface area (Å²) in [6.07, 6.45) is 3.86. The molecule has 0 spiro atoms. The Kier molecular flexibility index (Phi) is 6.35. The molecule has 1 amide bonds. The topological polar surface area (TPSA) is 104 Å². The SMILES string of the molecule is COc1ccc(-c2cc(C(=O)NCCc3ccccn3)cc(-n3cnnn3)c2)cc1OC. The summed E-state index contributed by atoms with van der Waals surface area (Å²) in [6.45, 7) is 0.469. The van der Waals surface area contributed by atoms with Crippen LogP contribution in [0.25, 0.3) is 16.8 Å². The van der Waals surface area contributed by atoms with Gasteiger partial charge in [-0.3, -0.25) is 9.78 Å². The van der Waals surface area contributed by atoms with Gasteiger partial charge in [0.15, 0.2) is 11.5 Å². The molecule has 0 aliphatic carbocycles. The highest BCUT2D eigenvalue weighted by Crippen LogP contribution is 2.33. The summed E-state index contributed by atoms with van der Waals surface area (Å²) < 4.78 is 12.3. The van der Waals surface area contributed by atoms with Crippen LogP contribution in [0.15, 0.2) is 67.1 Å². The van der Waals surface area contributed by atoms with E-state index < -0.39 is 0 Å².